The normalized spacial score (nSPS) is 21.4. The number of amides is 2. The lowest BCUT2D eigenvalue weighted by Gasteiger charge is -2.37. The molecule has 0 saturated carbocycles. The van der Waals surface area contributed by atoms with Crippen molar-refractivity contribution < 1.29 is 14.3 Å². The molecule has 2 amide bonds. The summed E-state index contributed by atoms with van der Waals surface area (Å²) in [6, 6.07) is 11.7. The van der Waals surface area contributed by atoms with Gasteiger partial charge >= 0.3 is 0 Å². The first-order valence-corrected chi connectivity index (χ1v) is 10.5. The number of nitrogens with zero attached hydrogens (tertiary/aromatic N) is 2. The van der Waals surface area contributed by atoms with E-state index in [-0.39, 0.29) is 24.5 Å². The minimum absolute atomic E-state index is 0.00792. The van der Waals surface area contributed by atoms with Crippen molar-refractivity contribution in [3.05, 3.63) is 53.9 Å². The Labute approximate surface area is 176 Å². The molecule has 2 N–H and O–H groups in total. The summed E-state index contributed by atoms with van der Waals surface area (Å²) in [4.78, 5) is 30.7. The average Bonchev–Trinajstić information content (AvgIpc) is 2.75. The molecule has 158 valence electrons. The van der Waals surface area contributed by atoms with E-state index in [9.17, 15) is 9.59 Å². The summed E-state index contributed by atoms with van der Waals surface area (Å²) in [5.41, 5.74) is 2.95. The van der Waals surface area contributed by atoms with Crippen LogP contribution in [0.25, 0.3) is 0 Å². The van der Waals surface area contributed by atoms with Gasteiger partial charge in [0.2, 0.25) is 5.91 Å². The fraction of sp³-hybridized carbons (Fsp3) is 0.435. The number of aryl methyl sites for hydroxylation is 1. The maximum Gasteiger partial charge on any atom is 0.258 e. The molecular formula is C23H28N4O3. The highest BCUT2D eigenvalue weighted by molar-refractivity contribution is 5.94. The van der Waals surface area contributed by atoms with Gasteiger partial charge < -0.3 is 15.4 Å². The molecule has 4 rings (SSSR count). The first kappa shape index (κ1) is 20.3. The van der Waals surface area contributed by atoms with Crippen molar-refractivity contribution >= 4 is 17.5 Å². The molecule has 1 fully saturated rings. The third-order valence-electron chi connectivity index (χ3n) is 5.79. The van der Waals surface area contributed by atoms with Crippen molar-refractivity contribution in [3.8, 4) is 5.75 Å². The van der Waals surface area contributed by atoms with E-state index in [4.69, 9.17) is 4.74 Å². The number of nitrogens with one attached hydrogen (secondary N) is 2. The number of carbonyl (C=O) groups is 2. The number of benzene rings is 1. The van der Waals surface area contributed by atoms with Gasteiger partial charge in [0, 0.05) is 44.0 Å². The molecule has 0 radical (unpaired) electrons. The highest BCUT2D eigenvalue weighted by atomic mass is 16.5. The number of ether oxygens (including phenoxy) is 1. The molecule has 2 unspecified atom stereocenters. The molecule has 0 spiro atoms. The van der Waals surface area contributed by atoms with Gasteiger partial charge in [-0.2, -0.15) is 0 Å². The summed E-state index contributed by atoms with van der Waals surface area (Å²) in [6.45, 7) is 4.87. The molecule has 3 heterocycles. The molecule has 7 nitrogen and oxygen atoms in total. The Kier molecular flexibility index (Phi) is 6.28. The van der Waals surface area contributed by atoms with Gasteiger partial charge in [-0.15, -0.1) is 0 Å². The Morgan fingerprint density at radius 1 is 1.30 bits per heavy atom. The van der Waals surface area contributed by atoms with Crippen molar-refractivity contribution in [2.75, 3.05) is 25.0 Å². The van der Waals surface area contributed by atoms with Gasteiger partial charge in [0.15, 0.2) is 6.61 Å². The van der Waals surface area contributed by atoms with Crippen LogP contribution in [0.3, 0.4) is 0 Å². The average molecular weight is 409 g/mol. The van der Waals surface area contributed by atoms with Crippen LogP contribution < -0.4 is 15.4 Å². The zero-order chi connectivity index (χ0) is 20.9. The first-order valence-electron chi connectivity index (χ1n) is 10.5. The monoisotopic (exact) mass is 408 g/mol. The predicted molar refractivity (Wildman–Crippen MR) is 114 cm³/mol. The standard InChI is InChI=1S/C23H28N4O3/c1-16-13-27(14-18-4-2-3-10-24-18)11-9-20(16)25-23(29)15-30-19-6-7-21-17(12-19)5-8-22(28)26-21/h2-4,6-7,10,12,16,20H,5,8-9,11,13-15H2,1H3,(H,25,29)(H,26,28). The highest BCUT2D eigenvalue weighted by Crippen LogP contribution is 2.26. The second-order valence-corrected chi connectivity index (χ2v) is 8.15. The summed E-state index contributed by atoms with van der Waals surface area (Å²) in [6.07, 6.45) is 3.91. The number of aromatic nitrogens is 1. The molecule has 1 aromatic carbocycles. The van der Waals surface area contributed by atoms with Crippen LogP contribution in [0, 0.1) is 5.92 Å². The molecule has 1 aromatic heterocycles. The Morgan fingerprint density at radius 3 is 3.00 bits per heavy atom. The SMILES string of the molecule is CC1CN(Cc2ccccn2)CCC1NC(=O)COc1ccc2c(c1)CCC(=O)N2. The fourth-order valence-corrected chi connectivity index (χ4v) is 4.16. The molecule has 7 heteroatoms. The summed E-state index contributed by atoms with van der Waals surface area (Å²) < 4.78 is 5.69. The zero-order valence-electron chi connectivity index (χ0n) is 17.3. The first-order chi connectivity index (χ1) is 14.6. The van der Waals surface area contributed by atoms with Gasteiger partial charge in [0.25, 0.3) is 5.91 Å². The van der Waals surface area contributed by atoms with Crippen LogP contribution in [0.5, 0.6) is 5.75 Å². The third kappa shape index (κ3) is 5.16. The van der Waals surface area contributed by atoms with E-state index >= 15 is 0 Å². The lowest BCUT2D eigenvalue weighted by Crippen LogP contribution is -2.50. The summed E-state index contributed by atoms with van der Waals surface area (Å²) in [5, 5.41) is 5.98. The van der Waals surface area contributed by atoms with Gasteiger partial charge in [-0.05, 0) is 54.7 Å². The van der Waals surface area contributed by atoms with Crippen LogP contribution >= 0.6 is 0 Å². The molecule has 2 aromatic rings. The number of hydrogen-bond acceptors (Lipinski definition) is 5. The van der Waals surface area contributed by atoms with Crippen molar-refractivity contribution in [1.82, 2.24) is 15.2 Å². The number of carbonyl (C=O) groups excluding carboxylic acids is 2. The van der Waals surface area contributed by atoms with Crippen molar-refractivity contribution in [3.63, 3.8) is 0 Å². The maximum atomic E-state index is 12.4. The van der Waals surface area contributed by atoms with E-state index in [0.717, 1.165) is 43.0 Å². The number of hydrogen-bond donors (Lipinski definition) is 2. The van der Waals surface area contributed by atoms with E-state index < -0.39 is 0 Å². The second-order valence-electron chi connectivity index (χ2n) is 8.15. The molecule has 2 aliphatic rings. The zero-order valence-corrected chi connectivity index (χ0v) is 17.3. The number of piperidine rings is 1. The molecule has 0 bridgehead atoms. The van der Waals surface area contributed by atoms with Crippen molar-refractivity contribution in [1.29, 1.82) is 0 Å². The van der Waals surface area contributed by atoms with Gasteiger partial charge in [-0.3, -0.25) is 19.5 Å². The van der Waals surface area contributed by atoms with Crippen molar-refractivity contribution in [2.24, 2.45) is 5.92 Å². The smallest absolute Gasteiger partial charge is 0.258 e. The number of likely N-dealkylation sites (tertiary alicyclic amines) is 1. The van der Waals surface area contributed by atoms with Crippen LogP contribution in [-0.2, 0) is 22.6 Å². The number of anilines is 1. The minimum Gasteiger partial charge on any atom is -0.484 e. The van der Waals surface area contributed by atoms with E-state index in [1.165, 1.54) is 0 Å². The molecule has 0 aliphatic carbocycles. The van der Waals surface area contributed by atoms with Crippen LogP contribution in [-0.4, -0.2) is 47.4 Å². The van der Waals surface area contributed by atoms with E-state index in [0.29, 0.717) is 24.5 Å². The van der Waals surface area contributed by atoms with Crippen LogP contribution in [0.1, 0.15) is 31.0 Å². The van der Waals surface area contributed by atoms with Gasteiger partial charge in [-0.1, -0.05) is 13.0 Å². The lowest BCUT2D eigenvalue weighted by molar-refractivity contribution is -0.124. The predicted octanol–water partition coefficient (Wildman–Crippen LogP) is 2.37. The number of pyridine rings is 1. The third-order valence-corrected chi connectivity index (χ3v) is 5.79. The Morgan fingerprint density at radius 2 is 2.20 bits per heavy atom. The van der Waals surface area contributed by atoms with Gasteiger partial charge in [-0.25, -0.2) is 0 Å². The Balaban J connectivity index is 1.23. The van der Waals surface area contributed by atoms with Gasteiger partial charge in [0.05, 0.1) is 5.69 Å². The lowest BCUT2D eigenvalue weighted by atomic mass is 9.93. The Bertz CT molecular complexity index is 903. The fourth-order valence-electron chi connectivity index (χ4n) is 4.16. The minimum atomic E-state index is -0.101. The molecule has 2 aliphatic heterocycles. The van der Waals surface area contributed by atoms with Crippen LogP contribution in [0.15, 0.2) is 42.6 Å². The molecule has 2 atom stereocenters. The molecule has 1 saturated heterocycles. The maximum absolute atomic E-state index is 12.4. The van der Waals surface area contributed by atoms with Crippen molar-refractivity contribution in [2.45, 2.75) is 38.8 Å². The summed E-state index contributed by atoms with van der Waals surface area (Å²) >= 11 is 0. The summed E-state index contributed by atoms with van der Waals surface area (Å²) in [5.74, 6) is 0.948. The molecule has 30 heavy (non-hydrogen) atoms. The van der Waals surface area contributed by atoms with E-state index in [1.807, 2.05) is 36.5 Å². The summed E-state index contributed by atoms with van der Waals surface area (Å²) in [7, 11) is 0. The van der Waals surface area contributed by atoms with E-state index in [1.54, 1.807) is 6.07 Å². The quantitative estimate of drug-likeness (QED) is 0.767. The topological polar surface area (TPSA) is 83.6 Å². The van der Waals surface area contributed by atoms with Crippen LogP contribution in [0.2, 0.25) is 0 Å². The number of fused-ring (bicyclic) bond motifs is 1. The van der Waals surface area contributed by atoms with Gasteiger partial charge in [0.1, 0.15) is 5.75 Å². The largest absolute Gasteiger partial charge is 0.484 e. The molecular weight excluding hydrogens is 380 g/mol. The second kappa shape index (κ2) is 9.26. The van der Waals surface area contributed by atoms with E-state index in [2.05, 4.69) is 27.4 Å². The number of rotatable bonds is 6. The Hall–Kier alpha value is -2.93. The highest BCUT2D eigenvalue weighted by Gasteiger charge is 2.27. The van der Waals surface area contributed by atoms with Crippen LogP contribution in [0.4, 0.5) is 5.69 Å².